The van der Waals surface area contributed by atoms with Gasteiger partial charge in [0.1, 0.15) is 11.4 Å². The van der Waals surface area contributed by atoms with Crippen molar-refractivity contribution in [2.24, 2.45) is 0 Å². The number of benzene rings is 3. The number of ether oxygens (including phenoxy) is 1. The van der Waals surface area contributed by atoms with Crippen LogP contribution in [-0.4, -0.2) is 26.0 Å². The van der Waals surface area contributed by atoms with Crippen molar-refractivity contribution in [3.63, 3.8) is 0 Å². The van der Waals surface area contributed by atoms with E-state index in [0.29, 0.717) is 11.3 Å². The standard InChI is InChI=1S/C22H20N2O3/c1-23-22(26)20(24-21(25)16-10-12-18(27-2)13-11-16)14-17-8-5-7-15-6-3-4-9-19(15)17/h3-14H,1-2H3,(H,23,26)(H,24,25)/b20-14-. The zero-order valence-electron chi connectivity index (χ0n) is 15.2. The number of hydrogen-bond donors (Lipinski definition) is 2. The van der Waals surface area contributed by atoms with E-state index in [-0.39, 0.29) is 17.5 Å². The Hall–Kier alpha value is -3.60. The number of hydrogen-bond acceptors (Lipinski definition) is 3. The normalized spacial score (nSPS) is 11.1. The molecule has 0 radical (unpaired) electrons. The molecule has 0 aliphatic rings. The summed E-state index contributed by atoms with van der Waals surface area (Å²) in [6.45, 7) is 0. The largest absolute Gasteiger partial charge is 0.497 e. The molecule has 0 unspecified atom stereocenters. The fourth-order valence-electron chi connectivity index (χ4n) is 2.76. The minimum Gasteiger partial charge on any atom is -0.497 e. The number of fused-ring (bicyclic) bond motifs is 1. The molecule has 27 heavy (non-hydrogen) atoms. The molecule has 2 amide bonds. The molecule has 3 aromatic carbocycles. The van der Waals surface area contributed by atoms with Gasteiger partial charge >= 0.3 is 0 Å². The molecule has 2 N–H and O–H groups in total. The lowest BCUT2D eigenvalue weighted by atomic mass is 10.0. The van der Waals surface area contributed by atoms with Gasteiger partial charge in [-0.3, -0.25) is 9.59 Å². The van der Waals surface area contributed by atoms with E-state index in [0.717, 1.165) is 16.3 Å². The third kappa shape index (κ3) is 4.15. The molecule has 3 rings (SSSR count). The van der Waals surface area contributed by atoms with Gasteiger partial charge in [0, 0.05) is 12.6 Å². The summed E-state index contributed by atoms with van der Waals surface area (Å²) < 4.78 is 5.10. The van der Waals surface area contributed by atoms with Crippen molar-refractivity contribution in [2.75, 3.05) is 14.2 Å². The second-order valence-corrected chi connectivity index (χ2v) is 5.89. The van der Waals surface area contributed by atoms with Crippen molar-refractivity contribution in [1.82, 2.24) is 10.6 Å². The number of amides is 2. The fourth-order valence-corrected chi connectivity index (χ4v) is 2.76. The molecule has 0 fully saturated rings. The van der Waals surface area contributed by atoms with Crippen LogP contribution in [-0.2, 0) is 4.79 Å². The molecule has 3 aromatic rings. The van der Waals surface area contributed by atoms with E-state index >= 15 is 0 Å². The first-order chi connectivity index (χ1) is 13.1. The van der Waals surface area contributed by atoms with Gasteiger partial charge in [0.25, 0.3) is 11.8 Å². The van der Waals surface area contributed by atoms with Crippen LogP contribution in [0.25, 0.3) is 16.8 Å². The van der Waals surface area contributed by atoms with Gasteiger partial charge in [-0.2, -0.15) is 0 Å². The summed E-state index contributed by atoms with van der Waals surface area (Å²) in [5.74, 6) is -0.0816. The number of rotatable bonds is 5. The Labute approximate surface area is 157 Å². The lowest BCUT2D eigenvalue weighted by Crippen LogP contribution is -2.33. The summed E-state index contributed by atoms with van der Waals surface area (Å²) in [6, 6.07) is 20.4. The highest BCUT2D eigenvalue weighted by Crippen LogP contribution is 2.21. The van der Waals surface area contributed by atoms with Gasteiger partial charge in [-0.25, -0.2) is 0 Å². The Bertz CT molecular complexity index is 1000. The molecule has 0 saturated carbocycles. The highest BCUT2D eigenvalue weighted by molar-refractivity contribution is 6.06. The minimum atomic E-state index is -0.371. The Morgan fingerprint density at radius 3 is 2.33 bits per heavy atom. The molecule has 0 bridgehead atoms. The zero-order valence-corrected chi connectivity index (χ0v) is 15.2. The van der Waals surface area contributed by atoms with Gasteiger partial charge in [-0.05, 0) is 46.7 Å². The van der Waals surface area contributed by atoms with Crippen molar-refractivity contribution in [1.29, 1.82) is 0 Å². The third-order valence-corrected chi connectivity index (χ3v) is 4.20. The summed E-state index contributed by atoms with van der Waals surface area (Å²) >= 11 is 0. The monoisotopic (exact) mass is 360 g/mol. The van der Waals surface area contributed by atoms with Crippen molar-refractivity contribution in [2.45, 2.75) is 0 Å². The van der Waals surface area contributed by atoms with Crippen molar-refractivity contribution < 1.29 is 14.3 Å². The highest BCUT2D eigenvalue weighted by Gasteiger charge is 2.14. The average Bonchev–Trinajstić information content (AvgIpc) is 2.72. The smallest absolute Gasteiger partial charge is 0.267 e. The van der Waals surface area contributed by atoms with Crippen LogP contribution in [0.15, 0.2) is 72.4 Å². The number of carbonyl (C=O) groups excluding carboxylic acids is 2. The van der Waals surface area contributed by atoms with E-state index in [4.69, 9.17) is 4.74 Å². The second kappa shape index (κ2) is 8.19. The third-order valence-electron chi connectivity index (χ3n) is 4.20. The first-order valence-electron chi connectivity index (χ1n) is 8.49. The first kappa shape index (κ1) is 18.2. The molecule has 0 heterocycles. The maximum atomic E-state index is 12.6. The number of nitrogens with one attached hydrogen (secondary N) is 2. The van der Waals surface area contributed by atoms with Crippen LogP contribution in [0.2, 0.25) is 0 Å². The Morgan fingerprint density at radius 2 is 1.63 bits per heavy atom. The summed E-state index contributed by atoms with van der Waals surface area (Å²) in [7, 11) is 3.09. The van der Waals surface area contributed by atoms with Crippen LogP contribution in [0.4, 0.5) is 0 Å². The average molecular weight is 360 g/mol. The van der Waals surface area contributed by atoms with E-state index in [1.807, 2.05) is 42.5 Å². The second-order valence-electron chi connectivity index (χ2n) is 5.89. The maximum absolute atomic E-state index is 12.6. The molecule has 5 heteroatoms. The van der Waals surface area contributed by atoms with E-state index in [2.05, 4.69) is 10.6 Å². The van der Waals surface area contributed by atoms with E-state index < -0.39 is 0 Å². The Kier molecular flexibility index (Phi) is 5.52. The van der Waals surface area contributed by atoms with Crippen LogP contribution in [0, 0.1) is 0 Å². The molecule has 0 saturated heterocycles. The van der Waals surface area contributed by atoms with Gasteiger partial charge in [0.15, 0.2) is 0 Å². The summed E-state index contributed by atoms with van der Waals surface area (Å²) in [4.78, 5) is 24.9. The predicted molar refractivity (Wildman–Crippen MR) is 106 cm³/mol. The molecule has 136 valence electrons. The molecule has 0 aliphatic heterocycles. The molecule has 0 aromatic heterocycles. The highest BCUT2D eigenvalue weighted by atomic mass is 16.5. The maximum Gasteiger partial charge on any atom is 0.267 e. The van der Waals surface area contributed by atoms with Crippen LogP contribution in [0.1, 0.15) is 15.9 Å². The molecule has 0 aliphatic carbocycles. The Balaban J connectivity index is 1.94. The Morgan fingerprint density at radius 1 is 0.926 bits per heavy atom. The molecular weight excluding hydrogens is 340 g/mol. The van der Waals surface area contributed by atoms with E-state index in [1.165, 1.54) is 7.05 Å². The first-order valence-corrected chi connectivity index (χ1v) is 8.49. The van der Waals surface area contributed by atoms with Crippen LogP contribution < -0.4 is 15.4 Å². The molecule has 0 atom stereocenters. The lowest BCUT2D eigenvalue weighted by molar-refractivity contribution is -0.117. The number of carbonyl (C=O) groups is 2. The van der Waals surface area contributed by atoms with Gasteiger partial charge in [-0.15, -0.1) is 0 Å². The minimum absolute atomic E-state index is 0.176. The van der Waals surface area contributed by atoms with Crippen LogP contribution in [0.3, 0.4) is 0 Å². The SMILES string of the molecule is CNC(=O)/C(=C/c1cccc2ccccc12)NC(=O)c1ccc(OC)cc1. The van der Waals surface area contributed by atoms with Crippen molar-refractivity contribution in [3.8, 4) is 5.75 Å². The van der Waals surface area contributed by atoms with Gasteiger partial charge in [0.05, 0.1) is 7.11 Å². The van der Waals surface area contributed by atoms with Gasteiger partial charge in [0.2, 0.25) is 0 Å². The van der Waals surface area contributed by atoms with Crippen LogP contribution in [0.5, 0.6) is 5.75 Å². The number of methoxy groups -OCH3 is 1. The summed E-state index contributed by atoms with van der Waals surface area (Å²) in [6.07, 6.45) is 1.68. The number of likely N-dealkylation sites (N-methyl/N-ethyl adjacent to an activating group) is 1. The summed E-state index contributed by atoms with van der Waals surface area (Å²) in [5, 5.41) is 7.33. The fraction of sp³-hybridized carbons (Fsp3) is 0.0909. The summed E-state index contributed by atoms with van der Waals surface area (Å²) in [5.41, 5.74) is 1.46. The predicted octanol–water partition coefficient (Wildman–Crippen LogP) is 3.37. The lowest BCUT2D eigenvalue weighted by Gasteiger charge is -2.10. The van der Waals surface area contributed by atoms with Gasteiger partial charge < -0.3 is 15.4 Å². The van der Waals surface area contributed by atoms with Crippen molar-refractivity contribution >= 4 is 28.7 Å². The van der Waals surface area contributed by atoms with Gasteiger partial charge in [-0.1, -0.05) is 42.5 Å². The quantitative estimate of drug-likeness (QED) is 0.686. The molecular formula is C22H20N2O3. The van der Waals surface area contributed by atoms with Crippen molar-refractivity contribution in [3.05, 3.63) is 83.6 Å². The van der Waals surface area contributed by atoms with Crippen LogP contribution >= 0.6 is 0 Å². The molecule has 0 spiro atoms. The zero-order chi connectivity index (χ0) is 19.2. The molecule has 5 nitrogen and oxygen atoms in total. The topological polar surface area (TPSA) is 67.4 Å². The van der Waals surface area contributed by atoms with E-state index in [1.54, 1.807) is 37.5 Å². The van der Waals surface area contributed by atoms with E-state index in [9.17, 15) is 9.59 Å².